The molecule has 0 spiro atoms. The van der Waals surface area contributed by atoms with Crippen LogP contribution in [0.15, 0.2) is 30.5 Å². The van der Waals surface area contributed by atoms with Crippen molar-refractivity contribution in [3.63, 3.8) is 0 Å². The van der Waals surface area contributed by atoms with E-state index in [4.69, 9.17) is 0 Å². The smallest absolute Gasteiger partial charge is 0.0981 e. The number of rotatable bonds is 3. The fourth-order valence-corrected chi connectivity index (χ4v) is 2.92. The number of nitrogens with zero attached hydrogens (tertiary/aromatic N) is 1. The second-order valence-corrected chi connectivity index (χ2v) is 8.68. The largest absolute Gasteiger partial charge is 0.380 e. The van der Waals surface area contributed by atoms with Crippen LogP contribution in [0.4, 0.5) is 5.69 Å². The first-order chi connectivity index (χ1) is 9.66. The quantitative estimate of drug-likeness (QED) is 0.826. The van der Waals surface area contributed by atoms with Crippen molar-refractivity contribution in [2.45, 2.75) is 58.9 Å². The Labute approximate surface area is 132 Å². The molecule has 0 aliphatic rings. The van der Waals surface area contributed by atoms with Crippen LogP contribution in [0.25, 0.3) is 0 Å². The van der Waals surface area contributed by atoms with Crippen molar-refractivity contribution in [3.05, 3.63) is 45.9 Å². The summed E-state index contributed by atoms with van der Waals surface area (Å²) >= 11 is 1.79. The molecule has 2 rings (SSSR count). The first-order valence-corrected chi connectivity index (χ1v) is 8.27. The van der Waals surface area contributed by atoms with Crippen LogP contribution >= 0.6 is 11.3 Å². The van der Waals surface area contributed by atoms with Crippen molar-refractivity contribution in [2.75, 3.05) is 5.32 Å². The molecule has 1 aromatic carbocycles. The molecule has 0 aliphatic heterocycles. The summed E-state index contributed by atoms with van der Waals surface area (Å²) in [6.07, 6.45) is 1.99. The lowest BCUT2D eigenvalue weighted by molar-refractivity contribution is 0.585. The van der Waals surface area contributed by atoms with Gasteiger partial charge in [-0.1, -0.05) is 53.7 Å². The molecule has 0 amide bonds. The molecule has 1 heterocycles. The summed E-state index contributed by atoms with van der Waals surface area (Å²) in [4.78, 5) is 5.80. The Hall–Kier alpha value is -1.35. The highest BCUT2D eigenvalue weighted by Crippen LogP contribution is 2.27. The minimum atomic E-state index is 0.136. The first kappa shape index (κ1) is 16.0. The summed E-state index contributed by atoms with van der Waals surface area (Å²) in [5.41, 5.74) is 2.87. The van der Waals surface area contributed by atoms with Crippen LogP contribution in [0.1, 0.15) is 57.0 Å². The van der Waals surface area contributed by atoms with E-state index in [2.05, 4.69) is 76.1 Å². The number of anilines is 1. The molecule has 114 valence electrons. The lowest BCUT2D eigenvalue weighted by Crippen LogP contribution is -2.10. The molecule has 0 fully saturated rings. The van der Waals surface area contributed by atoms with E-state index in [1.807, 2.05) is 6.20 Å². The fourth-order valence-electron chi connectivity index (χ4n) is 2.01. The first-order valence-electron chi connectivity index (χ1n) is 7.46. The minimum Gasteiger partial charge on any atom is -0.380 e. The monoisotopic (exact) mass is 302 g/mol. The van der Waals surface area contributed by atoms with Crippen molar-refractivity contribution in [2.24, 2.45) is 0 Å². The second kappa shape index (κ2) is 5.80. The Bertz CT molecular complexity index is 583. The third kappa shape index (κ3) is 4.31. The number of nitrogens with one attached hydrogen (secondary N) is 1. The highest BCUT2D eigenvalue weighted by Gasteiger charge is 2.18. The van der Waals surface area contributed by atoms with Crippen LogP contribution in [0, 0.1) is 0 Å². The Balaban J connectivity index is 1.99. The normalized spacial score (nSPS) is 12.5. The Kier molecular flexibility index (Phi) is 4.43. The van der Waals surface area contributed by atoms with Crippen LogP contribution in [-0.4, -0.2) is 4.98 Å². The zero-order valence-electron chi connectivity index (χ0n) is 13.9. The van der Waals surface area contributed by atoms with Gasteiger partial charge in [0.05, 0.1) is 11.6 Å². The molecule has 2 aromatic rings. The fraction of sp³-hybridized carbons (Fsp3) is 0.500. The van der Waals surface area contributed by atoms with Crippen LogP contribution in [0.2, 0.25) is 0 Å². The average Bonchev–Trinajstić information content (AvgIpc) is 2.84. The van der Waals surface area contributed by atoms with E-state index >= 15 is 0 Å². The maximum atomic E-state index is 4.52. The highest BCUT2D eigenvalue weighted by atomic mass is 32.1. The Morgan fingerprint density at radius 1 is 0.952 bits per heavy atom. The van der Waals surface area contributed by atoms with Crippen LogP contribution < -0.4 is 5.32 Å². The van der Waals surface area contributed by atoms with Crippen molar-refractivity contribution < 1.29 is 0 Å². The van der Waals surface area contributed by atoms with E-state index in [9.17, 15) is 0 Å². The molecule has 0 unspecified atom stereocenters. The lowest BCUT2D eigenvalue weighted by atomic mass is 9.87. The molecule has 0 saturated carbocycles. The predicted molar refractivity (Wildman–Crippen MR) is 93.3 cm³/mol. The zero-order valence-corrected chi connectivity index (χ0v) is 14.8. The zero-order chi connectivity index (χ0) is 15.7. The number of aromatic nitrogens is 1. The molecule has 0 bridgehead atoms. The van der Waals surface area contributed by atoms with E-state index in [1.54, 1.807) is 11.3 Å². The summed E-state index contributed by atoms with van der Waals surface area (Å²) in [5, 5.41) is 4.67. The summed E-state index contributed by atoms with van der Waals surface area (Å²) in [6.45, 7) is 14.2. The number of thiazole rings is 1. The molecule has 0 radical (unpaired) electrons. The predicted octanol–water partition coefficient (Wildman–Crippen LogP) is 5.35. The van der Waals surface area contributed by atoms with Gasteiger partial charge in [0, 0.05) is 22.2 Å². The summed E-state index contributed by atoms with van der Waals surface area (Å²) in [6, 6.07) is 8.73. The molecule has 0 aliphatic carbocycles. The van der Waals surface area contributed by atoms with Crippen LogP contribution in [0.3, 0.4) is 0 Å². The molecule has 2 nitrogen and oxygen atoms in total. The van der Waals surface area contributed by atoms with Crippen molar-refractivity contribution in [1.82, 2.24) is 4.98 Å². The standard InChI is InChI=1S/C18H26N2S/c1-17(2,3)13-7-9-14(10-8-13)19-11-15-12-20-16(21-15)18(4,5)6/h7-10,12,19H,11H2,1-6H3. The molecule has 21 heavy (non-hydrogen) atoms. The molecule has 3 heteroatoms. The highest BCUT2D eigenvalue weighted by molar-refractivity contribution is 7.11. The van der Waals surface area contributed by atoms with Gasteiger partial charge in [0.25, 0.3) is 0 Å². The van der Waals surface area contributed by atoms with Gasteiger partial charge in [-0.2, -0.15) is 0 Å². The number of hydrogen-bond acceptors (Lipinski definition) is 3. The van der Waals surface area contributed by atoms with Gasteiger partial charge in [-0.3, -0.25) is 0 Å². The average molecular weight is 302 g/mol. The van der Waals surface area contributed by atoms with E-state index < -0.39 is 0 Å². The van der Waals surface area contributed by atoms with Gasteiger partial charge in [-0.25, -0.2) is 4.98 Å². The summed E-state index contributed by atoms with van der Waals surface area (Å²) in [7, 11) is 0. The number of benzene rings is 1. The van der Waals surface area contributed by atoms with Gasteiger partial charge in [0.15, 0.2) is 0 Å². The SMILES string of the molecule is CC(C)(C)c1ccc(NCc2cnc(C(C)(C)C)s2)cc1. The maximum absolute atomic E-state index is 4.52. The van der Waals surface area contributed by atoms with Crippen LogP contribution in [-0.2, 0) is 17.4 Å². The Morgan fingerprint density at radius 3 is 2.05 bits per heavy atom. The summed E-state index contributed by atoms with van der Waals surface area (Å²) < 4.78 is 0. The summed E-state index contributed by atoms with van der Waals surface area (Å²) in [5.74, 6) is 0. The molecule has 1 N–H and O–H groups in total. The maximum Gasteiger partial charge on any atom is 0.0981 e. The van der Waals surface area contributed by atoms with E-state index in [0.717, 1.165) is 12.2 Å². The van der Waals surface area contributed by atoms with E-state index in [-0.39, 0.29) is 10.8 Å². The van der Waals surface area contributed by atoms with Crippen LogP contribution in [0.5, 0.6) is 0 Å². The molecule has 0 atom stereocenters. The Morgan fingerprint density at radius 2 is 1.57 bits per heavy atom. The molecular weight excluding hydrogens is 276 g/mol. The number of hydrogen-bond donors (Lipinski definition) is 1. The lowest BCUT2D eigenvalue weighted by Gasteiger charge is -2.19. The minimum absolute atomic E-state index is 0.136. The van der Waals surface area contributed by atoms with Gasteiger partial charge in [0.1, 0.15) is 0 Å². The molecular formula is C18H26N2S. The van der Waals surface area contributed by atoms with Gasteiger partial charge < -0.3 is 5.32 Å². The van der Waals surface area contributed by atoms with E-state index in [1.165, 1.54) is 15.4 Å². The van der Waals surface area contributed by atoms with Crippen molar-refractivity contribution in [3.8, 4) is 0 Å². The van der Waals surface area contributed by atoms with E-state index in [0.29, 0.717) is 0 Å². The van der Waals surface area contributed by atoms with Gasteiger partial charge in [-0.15, -0.1) is 11.3 Å². The topological polar surface area (TPSA) is 24.9 Å². The molecule has 1 aromatic heterocycles. The third-order valence-corrected chi connectivity index (χ3v) is 4.84. The van der Waals surface area contributed by atoms with Gasteiger partial charge >= 0.3 is 0 Å². The van der Waals surface area contributed by atoms with Gasteiger partial charge in [-0.05, 0) is 23.1 Å². The van der Waals surface area contributed by atoms with Crippen molar-refractivity contribution in [1.29, 1.82) is 0 Å². The molecule has 0 saturated heterocycles. The second-order valence-electron chi connectivity index (χ2n) is 7.56. The third-order valence-electron chi connectivity index (χ3n) is 3.41. The van der Waals surface area contributed by atoms with Crippen molar-refractivity contribution >= 4 is 17.0 Å². The van der Waals surface area contributed by atoms with Gasteiger partial charge in [0.2, 0.25) is 0 Å².